The summed E-state index contributed by atoms with van der Waals surface area (Å²) in [6.07, 6.45) is 7.83. The van der Waals surface area contributed by atoms with E-state index in [4.69, 9.17) is 13.6 Å². The van der Waals surface area contributed by atoms with Crippen molar-refractivity contribution in [1.29, 1.82) is 0 Å². The standard InChI is InChI=1S/C11H22O3Si/c1-12-15(13-2)7-3-4-9-5-6-10-11(8-9)14-10/h9-11,15H,3-8H2,1-2H3. The van der Waals surface area contributed by atoms with Crippen molar-refractivity contribution in [3.63, 3.8) is 0 Å². The van der Waals surface area contributed by atoms with Gasteiger partial charge < -0.3 is 13.6 Å². The minimum atomic E-state index is -1.30. The maximum atomic E-state index is 5.54. The largest absolute Gasteiger partial charge is 0.400 e. The normalized spacial score (nSPS) is 34.2. The van der Waals surface area contributed by atoms with Gasteiger partial charge in [0.05, 0.1) is 12.2 Å². The maximum absolute atomic E-state index is 5.54. The summed E-state index contributed by atoms with van der Waals surface area (Å²) in [4.78, 5) is 0. The fourth-order valence-electron chi connectivity index (χ4n) is 2.65. The van der Waals surface area contributed by atoms with Gasteiger partial charge in [-0.3, -0.25) is 0 Å². The Bertz CT molecular complexity index is 196. The number of ether oxygens (including phenoxy) is 1. The van der Waals surface area contributed by atoms with Crippen LogP contribution < -0.4 is 0 Å². The van der Waals surface area contributed by atoms with E-state index in [1.807, 2.05) is 0 Å². The third-order valence-electron chi connectivity index (χ3n) is 3.69. The first kappa shape index (κ1) is 11.6. The molecule has 3 unspecified atom stereocenters. The first-order chi connectivity index (χ1) is 7.33. The highest BCUT2D eigenvalue weighted by molar-refractivity contribution is 6.44. The lowest BCUT2D eigenvalue weighted by Gasteiger charge is -2.19. The molecule has 0 spiro atoms. The van der Waals surface area contributed by atoms with E-state index in [-0.39, 0.29) is 0 Å². The Kier molecular flexibility index (Phi) is 4.19. The Morgan fingerprint density at radius 1 is 1.20 bits per heavy atom. The molecule has 0 N–H and O–H groups in total. The first-order valence-electron chi connectivity index (χ1n) is 6.04. The lowest BCUT2D eigenvalue weighted by atomic mass is 9.86. The van der Waals surface area contributed by atoms with Crippen molar-refractivity contribution in [2.75, 3.05) is 14.2 Å². The highest BCUT2D eigenvalue weighted by Gasteiger charge is 2.43. The summed E-state index contributed by atoms with van der Waals surface area (Å²) in [5.74, 6) is 0.900. The predicted octanol–water partition coefficient (Wildman–Crippen LogP) is 1.85. The molecular formula is C11H22O3Si. The molecule has 3 atom stereocenters. The van der Waals surface area contributed by atoms with Crippen LogP contribution in [0, 0.1) is 5.92 Å². The van der Waals surface area contributed by atoms with Gasteiger partial charge in [-0.1, -0.05) is 12.8 Å². The number of hydrogen-bond donors (Lipinski definition) is 0. The summed E-state index contributed by atoms with van der Waals surface area (Å²) in [6, 6.07) is 1.15. The molecule has 1 saturated carbocycles. The quantitative estimate of drug-likeness (QED) is 0.515. The SMILES string of the molecule is CO[SiH](CCCC1CCC2OC2C1)OC. The lowest BCUT2D eigenvalue weighted by molar-refractivity contribution is 0.273. The van der Waals surface area contributed by atoms with Gasteiger partial charge in [-0.05, 0) is 31.2 Å². The molecular weight excluding hydrogens is 208 g/mol. The van der Waals surface area contributed by atoms with Gasteiger partial charge in [0.25, 0.3) is 0 Å². The molecule has 2 fully saturated rings. The second kappa shape index (κ2) is 5.43. The predicted molar refractivity (Wildman–Crippen MR) is 61.2 cm³/mol. The third kappa shape index (κ3) is 3.28. The van der Waals surface area contributed by atoms with Gasteiger partial charge in [0.15, 0.2) is 0 Å². The summed E-state index contributed by atoms with van der Waals surface area (Å²) in [5, 5.41) is 0. The Labute approximate surface area is 93.9 Å². The molecule has 1 aliphatic heterocycles. The smallest absolute Gasteiger partial charge is 0.320 e. The Morgan fingerprint density at radius 2 is 2.00 bits per heavy atom. The minimum Gasteiger partial charge on any atom is -0.400 e. The molecule has 0 aromatic heterocycles. The lowest BCUT2D eigenvalue weighted by Crippen LogP contribution is -2.19. The van der Waals surface area contributed by atoms with Crippen LogP contribution in [-0.2, 0) is 13.6 Å². The third-order valence-corrected chi connectivity index (χ3v) is 5.62. The van der Waals surface area contributed by atoms with Crippen LogP contribution in [0.25, 0.3) is 0 Å². The van der Waals surface area contributed by atoms with Crippen LogP contribution in [0.4, 0.5) is 0 Å². The molecule has 0 aromatic rings. The van der Waals surface area contributed by atoms with Crippen molar-refractivity contribution in [2.24, 2.45) is 5.92 Å². The topological polar surface area (TPSA) is 31.0 Å². The van der Waals surface area contributed by atoms with Crippen molar-refractivity contribution < 1.29 is 13.6 Å². The molecule has 0 aromatic carbocycles. The van der Waals surface area contributed by atoms with E-state index in [9.17, 15) is 0 Å². The molecule has 15 heavy (non-hydrogen) atoms. The van der Waals surface area contributed by atoms with E-state index in [1.54, 1.807) is 14.2 Å². The minimum absolute atomic E-state index is 0.627. The average Bonchev–Trinajstić information content (AvgIpc) is 3.02. The molecule has 88 valence electrons. The zero-order valence-electron chi connectivity index (χ0n) is 9.78. The molecule has 4 heteroatoms. The van der Waals surface area contributed by atoms with Crippen LogP contribution in [-0.4, -0.2) is 35.7 Å². The van der Waals surface area contributed by atoms with Gasteiger partial charge in [0, 0.05) is 14.2 Å². The van der Waals surface area contributed by atoms with E-state index in [0.29, 0.717) is 12.2 Å². The monoisotopic (exact) mass is 230 g/mol. The number of epoxide rings is 1. The Balaban J connectivity index is 1.57. The van der Waals surface area contributed by atoms with Gasteiger partial charge in [0.2, 0.25) is 0 Å². The van der Waals surface area contributed by atoms with Crippen molar-refractivity contribution >= 4 is 9.28 Å². The van der Waals surface area contributed by atoms with Crippen molar-refractivity contribution in [2.45, 2.75) is 50.4 Å². The molecule has 0 radical (unpaired) electrons. The molecule has 3 nitrogen and oxygen atoms in total. The molecule has 1 aliphatic carbocycles. The van der Waals surface area contributed by atoms with Crippen LogP contribution in [0.3, 0.4) is 0 Å². The molecule has 2 aliphatic rings. The Hall–Kier alpha value is 0.0969. The van der Waals surface area contributed by atoms with Gasteiger partial charge in [-0.2, -0.15) is 0 Å². The van der Waals surface area contributed by atoms with Crippen molar-refractivity contribution in [3.8, 4) is 0 Å². The summed E-state index contributed by atoms with van der Waals surface area (Å²) < 4.78 is 16.2. The summed E-state index contributed by atoms with van der Waals surface area (Å²) in [6.45, 7) is 0. The fourth-order valence-corrected chi connectivity index (χ4v) is 3.89. The van der Waals surface area contributed by atoms with Gasteiger partial charge >= 0.3 is 9.28 Å². The summed E-state index contributed by atoms with van der Waals surface area (Å²) in [5.41, 5.74) is 0. The van der Waals surface area contributed by atoms with Crippen LogP contribution in [0.5, 0.6) is 0 Å². The van der Waals surface area contributed by atoms with Gasteiger partial charge in [-0.15, -0.1) is 0 Å². The van der Waals surface area contributed by atoms with Gasteiger partial charge in [-0.25, -0.2) is 0 Å². The van der Waals surface area contributed by atoms with Gasteiger partial charge in [0.1, 0.15) is 0 Å². The highest BCUT2D eigenvalue weighted by Crippen LogP contribution is 2.41. The van der Waals surface area contributed by atoms with E-state index < -0.39 is 9.28 Å². The van der Waals surface area contributed by atoms with E-state index in [1.165, 1.54) is 32.1 Å². The number of rotatable bonds is 6. The zero-order valence-corrected chi connectivity index (χ0v) is 10.9. The fraction of sp³-hybridized carbons (Fsp3) is 1.00. The second-order valence-electron chi connectivity index (χ2n) is 4.72. The van der Waals surface area contributed by atoms with Crippen LogP contribution in [0.2, 0.25) is 6.04 Å². The van der Waals surface area contributed by atoms with Crippen molar-refractivity contribution in [1.82, 2.24) is 0 Å². The molecule has 1 saturated heterocycles. The second-order valence-corrected chi connectivity index (χ2v) is 7.10. The summed E-state index contributed by atoms with van der Waals surface area (Å²) in [7, 11) is 2.23. The number of fused-ring (bicyclic) bond motifs is 1. The number of hydrogen-bond acceptors (Lipinski definition) is 3. The molecule has 0 bridgehead atoms. The summed E-state index contributed by atoms with van der Waals surface area (Å²) >= 11 is 0. The van der Waals surface area contributed by atoms with E-state index in [0.717, 1.165) is 12.0 Å². The van der Waals surface area contributed by atoms with E-state index in [2.05, 4.69) is 0 Å². The zero-order chi connectivity index (χ0) is 10.7. The highest BCUT2D eigenvalue weighted by atomic mass is 28.3. The molecule has 1 heterocycles. The average molecular weight is 230 g/mol. The molecule has 0 amide bonds. The van der Waals surface area contributed by atoms with Crippen LogP contribution in [0.1, 0.15) is 32.1 Å². The van der Waals surface area contributed by atoms with E-state index >= 15 is 0 Å². The van der Waals surface area contributed by atoms with Crippen LogP contribution >= 0.6 is 0 Å². The first-order valence-corrected chi connectivity index (χ1v) is 7.80. The molecule has 2 rings (SSSR count). The maximum Gasteiger partial charge on any atom is 0.320 e. The van der Waals surface area contributed by atoms with Crippen molar-refractivity contribution in [3.05, 3.63) is 0 Å². The van der Waals surface area contributed by atoms with Crippen LogP contribution in [0.15, 0.2) is 0 Å². The Morgan fingerprint density at radius 3 is 2.67 bits per heavy atom.